The highest BCUT2D eigenvalue weighted by Crippen LogP contribution is 2.54. The van der Waals surface area contributed by atoms with Crippen molar-refractivity contribution in [3.05, 3.63) is 113 Å². The Bertz CT molecular complexity index is 1580. The van der Waals surface area contributed by atoms with Gasteiger partial charge in [-0.05, 0) is 65.6 Å². The molecule has 0 fully saturated rings. The maximum atomic E-state index is 14.0. The molecule has 1 N–H and O–H groups in total. The fraction of sp³-hybridized carbons (Fsp3) is 0.314. The van der Waals surface area contributed by atoms with Gasteiger partial charge >= 0.3 is 0 Å². The van der Waals surface area contributed by atoms with E-state index in [-0.39, 0.29) is 28.3 Å². The molecule has 1 amide bonds. The summed E-state index contributed by atoms with van der Waals surface area (Å²) in [5, 5.41) is 1.77. The highest BCUT2D eigenvalue weighted by Gasteiger charge is 2.49. The summed E-state index contributed by atoms with van der Waals surface area (Å²) in [4.78, 5) is 45.6. The molecule has 214 valence electrons. The van der Waals surface area contributed by atoms with Gasteiger partial charge in [0.15, 0.2) is 11.6 Å². The van der Waals surface area contributed by atoms with Gasteiger partial charge in [-0.2, -0.15) is 0 Å². The summed E-state index contributed by atoms with van der Waals surface area (Å²) in [5.41, 5.74) is 6.39. The Labute approximate surface area is 246 Å². The van der Waals surface area contributed by atoms with Crippen LogP contribution in [0.1, 0.15) is 75.2 Å². The van der Waals surface area contributed by atoms with Gasteiger partial charge in [-0.15, -0.1) is 0 Å². The summed E-state index contributed by atoms with van der Waals surface area (Å²) >= 11 is 0. The van der Waals surface area contributed by atoms with Crippen LogP contribution in [0.3, 0.4) is 0 Å². The fourth-order valence-electron chi connectivity index (χ4n) is 6.48. The predicted molar refractivity (Wildman–Crippen MR) is 159 cm³/mol. The summed E-state index contributed by atoms with van der Waals surface area (Å²) in [6, 6.07) is 20.5. The van der Waals surface area contributed by atoms with Crippen molar-refractivity contribution in [3.8, 4) is 11.5 Å². The van der Waals surface area contributed by atoms with E-state index in [2.05, 4.69) is 38.1 Å². The second-order valence-corrected chi connectivity index (χ2v) is 13.0. The second kappa shape index (κ2) is 10.4. The second-order valence-electron chi connectivity index (χ2n) is 13.0. The summed E-state index contributed by atoms with van der Waals surface area (Å²) in [6.45, 7) is 8.28. The van der Waals surface area contributed by atoms with E-state index in [1.54, 1.807) is 29.5 Å². The van der Waals surface area contributed by atoms with Crippen LogP contribution in [0.2, 0.25) is 0 Å². The van der Waals surface area contributed by atoms with Crippen LogP contribution in [0.4, 0.5) is 0 Å². The number of pyridine rings is 1. The van der Waals surface area contributed by atoms with Crippen LogP contribution in [0, 0.1) is 10.8 Å². The van der Waals surface area contributed by atoms with E-state index in [0.717, 1.165) is 17.0 Å². The van der Waals surface area contributed by atoms with E-state index in [0.29, 0.717) is 53.9 Å². The van der Waals surface area contributed by atoms with E-state index >= 15 is 0 Å². The van der Waals surface area contributed by atoms with Crippen molar-refractivity contribution in [2.45, 2.75) is 59.3 Å². The monoisotopic (exact) mass is 561 g/mol. The Kier molecular flexibility index (Phi) is 6.84. The highest BCUT2D eigenvalue weighted by atomic mass is 16.5. The van der Waals surface area contributed by atoms with Crippen LogP contribution in [-0.2, 0) is 9.59 Å². The number of nitrogens with one attached hydrogen (secondary N) is 1. The maximum absolute atomic E-state index is 14.0. The van der Waals surface area contributed by atoms with Crippen LogP contribution in [-0.4, -0.2) is 27.5 Å². The lowest BCUT2D eigenvalue weighted by molar-refractivity contribution is -0.119. The number of allylic oxidation sites excluding steroid dienone is 4. The van der Waals surface area contributed by atoms with Crippen molar-refractivity contribution >= 4 is 17.5 Å². The third-order valence-corrected chi connectivity index (χ3v) is 8.24. The number of carbonyl (C=O) groups excluding carboxylic acids is 3. The molecular weight excluding hydrogens is 526 g/mol. The molecular formula is C35H35N3O4. The average molecular weight is 562 g/mol. The van der Waals surface area contributed by atoms with Crippen molar-refractivity contribution < 1.29 is 19.1 Å². The molecule has 6 rings (SSSR count). The van der Waals surface area contributed by atoms with Gasteiger partial charge in [0.25, 0.3) is 5.91 Å². The number of benzene rings is 2. The topological polar surface area (TPSA) is 88.6 Å². The average Bonchev–Trinajstić information content (AvgIpc) is 2.93. The van der Waals surface area contributed by atoms with Gasteiger partial charge in [-0.1, -0.05) is 58.0 Å². The first-order valence-electron chi connectivity index (χ1n) is 14.4. The maximum Gasteiger partial charge on any atom is 0.270 e. The molecule has 0 spiro atoms. The van der Waals surface area contributed by atoms with Crippen molar-refractivity contribution in [1.82, 2.24) is 15.4 Å². The number of ether oxygens (including phenoxy) is 1. The largest absolute Gasteiger partial charge is 0.457 e. The number of hydrogen-bond donors (Lipinski definition) is 1. The Balaban J connectivity index is 1.52. The standard InChI is InChI=1S/C35H35N3O4/c1-34(2)18-26-31(28(39)20-34)30(23-9-8-12-25(17-23)42-24-10-6-5-7-11-24)32-27(19-35(3,4)21-29(32)40)38(26)37-33(41)22-13-15-36-16-14-22/h5-17,30H,18-21H2,1-4H3,(H,37,41). The van der Waals surface area contributed by atoms with E-state index in [9.17, 15) is 14.4 Å². The predicted octanol–water partition coefficient (Wildman–Crippen LogP) is 6.90. The molecule has 1 aliphatic heterocycles. The van der Waals surface area contributed by atoms with Gasteiger partial charge < -0.3 is 4.74 Å². The summed E-state index contributed by atoms with van der Waals surface area (Å²) in [6.07, 6.45) is 5.01. The van der Waals surface area contributed by atoms with Crippen LogP contribution >= 0.6 is 0 Å². The molecule has 0 saturated carbocycles. The first-order valence-corrected chi connectivity index (χ1v) is 14.4. The van der Waals surface area contributed by atoms with E-state index < -0.39 is 5.92 Å². The molecule has 0 saturated heterocycles. The lowest BCUT2D eigenvalue weighted by Crippen LogP contribution is -2.50. The van der Waals surface area contributed by atoms with Crippen molar-refractivity contribution in [3.63, 3.8) is 0 Å². The third kappa shape index (κ3) is 5.27. The molecule has 2 heterocycles. The number of hydrazine groups is 1. The van der Waals surface area contributed by atoms with Crippen LogP contribution in [0.5, 0.6) is 11.5 Å². The molecule has 3 aliphatic rings. The normalized spacial score (nSPS) is 19.8. The van der Waals surface area contributed by atoms with E-state index in [1.165, 1.54) is 0 Å². The Morgan fingerprint density at radius 2 is 1.36 bits per heavy atom. The minimum atomic E-state index is -0.546. The van der Waals surface area contributed by atoms with Crippen LogP contribution in [0.25, 0.3) is 0 Å². The number of hydrogen-bond acceptors (Lipinski definition) is 6. The van der Waals surface area contributed by atoms with Crippen molar-refractivity contribution in [2.75, 3.05) is 0 Å². The zero-order chi connectivity index (χ0) is 29.6. The molecule has 0 bridgehead atoms. The number of Topliss-reactive ketones (excluding diaryl/α,β-unsaturated/α-hetero) is 2. The van der Waals surface area contributed by atoms with Gasteiger partial charge in [0.1, 0.15) is 11.5 Å². The first kappa shape index (κ1) is 27.6. The van der Waals surface area contributed by atoms with Crippen LogP contribution < -0.4 is 10.2 Å². The number of para-hydroxylation sites is 1. The zero-order valence-electron chi connectivity index (χ0n) is 24.4. The van der Waals surface area contributed by atoms with Gasteiger partial charge in [-0.3, -0.25) is 29.8 Å². The molecule has 1 aromatic heterocycles. The van der Waals surface area contributed by atoms with E-state index in [4.69, 9.17) is 4.74 Å². The smallest absolute Gasteiger partial charge is 0.270 e. The van der Waals surface area contributed by atoms with Gasteiger partial charge in [0, 0.05) is 59.3 Å². The lowest BCUT2D eigenvalue weighted by atomic mass is 9.64. The molecule has 7 heteroatoms. The van der Waals surface area contributed by atoms with Gasteiger partial charge in [0.05, 0.1) is 0 Å². The molecule has 0 atom stereocenters. The number of amides is 1. The van der Waals surface area contributed by atoms with E-state index in [1.807, 2.05) is 54.6 Å². The SMILES string of the molecule is CC1(C)CC(=O)C2=C(C1)N(NC(=O)c1ccncc1)C1=C(C(=O)CC(C)(C)C1)C2c1cccc(Oc2ccccc2)c1. The van der Waals surface area contributed by atoms with Crippen LogP contribution in [0.15, 0.2) is 102 Å². The van der Waals surface area contributed by atoms with Gasteiger partial charge in [-0.25, -0.2) is 0 Å². The summed E-state index contributed by atoms with van der Waals surface area (Å²) < 4.78 is 6.15. The summed E-state index contributed by atoms with van der Waals surface area (Å²) in [7, 11) is 0. The zero-order valence-corrected chi connectivity index (χ0v) is 24.4. The van der Waals surface area contributed by atoms with Crippen molar-refractivity contribution in [1.29, 1.82) is 0 Å². The lowest BCUT2D eigenvalue weighted by Gasteiger charge is -2.48. The molecule has 42 heavy (non-hydrogen) atoms. The molecule has 0 unspecified atom stereocenters. The molecule has 3 aromatic rings. The number of rotatable bonds is 5. The third-order valence-electron chi connectivity index (χ3n) is 8.24. The number of carbonyl (C=O) groups is 3. The first-order chi connectivity index (χ1) is 20.0. The molecule has 0 radical (unpaired) electrons. The molecule has 2 aliphatic carbocycles. The minimum Gasteiger partial charge on any atom is -0.457 e. The summed E-state index contributed by atoms with van der Waals surface area (Å²) in [5.74, 6) is 0.452. The highest BCUT2D eigenvalue weighted by molar-refractivity contribution is 6.07. The molecule has 7 nitrogen and oxygen atoms in total. The fourth-order valence-corrected chi connectivity index (χ4v) is 6.48. The quantitative estimate of drug-likeness (QED) is 0.364. The number of aromatic nitrogens is 1. The Morgan fingerprint density at radius 1 is 0.786 bits per heavy atom. The Hall–Kier alpha value is -4.52. The van der Waals surface area contributed by atoms with Gasteiger partial charge in [0.2, 0.25) is 0 Å². The van der Waals surface area contributed by atoms with Crippen molar-refractivity contribution in [2.24, 2.45) is 10.8 Å². The number of nitrogens with zero attached hydrogens (tertiary/aromatic N) is 2. The number of ketones is 2. The minimum absolute atomic E-state index is 0.00651. The Morgan fingerprint density at radius 3 is 1.95 bits per heavy atom. The molecule has 2 aromatic carbocycles.